The number of nitrogens with one attached hydrogen (secondary N) is 1. The molecule has 0 unspecified atom stereocenters. The lowest BCUT2D eigenvalue weighted by Crippen LogP contribution is -2.25. The van der Waals surface area contributed by atoms with Crippen LogP contribution in [0, 0.1) is 6.92 Å². The fraction of sp³-hybridized carbons (Fsp3) is 0.154. The van der Waals surface area contributed by atoms with E-state index >= 15 is 0 Å². The normalized spacial score (nSPS) is 11.5. The Bertz CT molecular complexity index is 781. The Morgan fingerprint density at radius 1 is 1.33 bits per heavy atom. The number of sulfonamides is 1. The topological polar surface area (TPSA) is 109 Å². The fourth-order valence-electron chi connectivity index (χ4n) is 1.76. The van der Waals surface area contributed by atoms with E-state index < -0.39 is 16.0 Å². The van der Waals surface area contributed by atoms with E-state index in [0.717, 1.165) is 15.8 Å². The van der Waals surface area contributed by atoms with Gasteiger partial charge in [0, 0.05) is 22.0 Å². The van der Waals surface area contributed by atoms with Gasteiger partial charge in [0.1, 0.15) is 0 Å². The Morgan fingerprint density at radius 2 is 2.05 bits per heavy atom. The van der Waals surface area contributed by atoms with Gasteiger partial charge >= 0.3 is 5.97 Å². The molecule has 0 bridgehead atoms. The first-order chi connectivity index (χ1) is 9.79. The van der Waals surface area contributed by atoms with E-state index in [-0.39, 0.29) is 22.7 Å². The summed E-state index contributed by atoms with van der Waals surface area (Å²) in [5, 5.41) is 9.08. The molecule has 1 aromatic carbocycles. The molecule has 0 atom stereocenters. The molecule has 112 valence electrons. The summed E-state index contributed by atoms with van der Waals surface area (Å²) >= 11 is 1.47. The van der Waals surface area contributed by atoms with Crippen molar-refractivity contribution in [3.05, 3.63) is 45.6 Å². The zero-order valence-corrected chi connectivity index (χ0v) is 12.8. The third-order valence-electron chi connectivity index (χ3n) is 2.76. The number of carboxylic acids is 1. The zero-order chi connectivity index (χ0) is 15.6. The number of hydrogen-bond acceptors (Lipinski definition) is 5. The van der Waals surface area contributed by atoms with Crippen molar-refractivity contribution in [3.63, 3.8) is 0 Å². The highest BCUT2D eigenvalue weighted by atomic mass is 32.2. The van der Waals surface area contributed by atoms with E-state index in [0.29, 0.717) is 0 Å². The molecule has 1 aromatic heterocycles. The van der Waals surface area contributed by atoms with Gasteiger partial charge in [-0.1, -0.05) is 0 Å². The van der Waals surface area contributed by atoms with E-state index in [2.05, 4.69) is 4.72 Å². The third-order valence-corrected chi connectivity index (χ3v) is 5.20. The highest BCUT2D eigenvalue weighted by molar-refractivity contribution is 7.89. The van der Waals surface area contributed by atoms with Crippen LogP contribution in [0.2, 0.25) is 0 Å². The van der Waals surface area contributed by atoms with Gasteiger partial charge < -0.3 is 10.8 Å². The molecule has 2 rings (SSSR count). The molecule has 4 N–H and O–H groups in total. The van der Waals surface area contributed by atoms with Gasteiger partial charge in [-0.3, -0.25) is 0 Å². The molecule has 8 heteroatoms. The Hall–Kier alpha value is -1.90. The van der Waals surface area contributed by atoms with Crippen LogP contribution in [0.3, 0.4) is 0 Å². The predicted molar refractivity (Wildman–Crippen MR) is 80.9 cm³/mol. The van der Waals surface area contributed by atoms with Crippen LogP contribution in [-0.2, 0) is 16.6 Å². The van der Waals surface area contributed by atoms with Crippen LogP contribution in [0.4, 0.5) is 5.69 Å². The van der Waals surface area contributed by atoms with Gasteiger partial charge in [0.25, 0.3) is 0 Å². The van der Waals surface area contributed by atoms with Crippen LogP contribution in [0.1, 0.15) is 20.1 Å². The Kier molecular flexibility index (Phi) is 4.31. The minimum Gasteiger partial charge on any atom is -0.478 e. The number of hydrogen-bond donors (Lipinski definition) is 3. The maximum Gasteiger partial charge on any atom is 0.337 e. The summed E-state index contributed by atoms with van der Waals surface area (Å²) < 4.78 is 26.9. The van der Waals surface area contributed by atoms with E-state index in [1.165, 1.54) is 23.5 Å². The summed E-state index contributed by atoms with van der Waals surface area (Å²) in [4.78, 5) is 12.7. The van der Waals surface area contributed by atoms with Gasteiger partial charge in [0.2, 0.25) is 10.0 Å². The van der Waals surface area contributed by atoms with Crippen LogP contribution >= 0.6 is 11.3 Å². The second-order valence-electron chi connectivity index (χ2n) is 4.40. The number of nitrogens with two attached hydrogens (primary N) is 1. The Labute approximate surface area is 126 Å². The first-order valence-electron chi connectivity index (χ1n) is 5.97. The zero-order valence-electron chi connectivity index (χ0n) is 11.2. The standard InChI is InChI=1S/C13H14N2O4S2/c1-8-2-4-10(20-8)7-15-21(18,19)12-6-9(14)3-5-11(12)13(16)17/h2-6,15H,7,14H2,1H3,(H,16,17). The Balaban J connectivity index is 2.31. The van der Waals surface area contributed by atoms with Gasteiger partial charge in [-0.2, -0.15) is 0 Å². The van der Waals surface area contributed by atoms with Gasteiger partial charge in [0.15, 0.2) is 0 Å². The van der Waals surface area contributed by atoms with Crippen molar-refractivity contribution in [1.29, 1.82) is 0 Å². The molecule has 2 aromatic rings. The van der Waals surface area contributed by atoms with Crippen molar-refractivity contribution < 1.29 is 18.3 Å². The quantitative estimate of drug-likeness (QED) is 0.726. The molecular formula is C13H14N2O4S2. The molecule has 0 fully saturated rings. The summed E-state index contributed by atoms with van der Waals surface area (Å²) in [5.41, 5.74) is 5.43. The maximum absolute atomic E-state index is 12.3. The molecule has 0 saturated carbocycles. The molecule has 0 amide bonds. The summed E-state index contributed by atoms with van der Waals surface area (Å²) in [6, 6.07) is 7.38. The van der Waals surface area contributed by atoms with Crippen molar-refractivity contribution in [2.24, 2.45) is 0 Å². The van der Waals surface area contributed by atoms with Crippen LogP contribution in [0.25, 0.3) is 0 Å². The average Bonchev–Trinajstić information content (AvgIpc) is 2.82. The lowest BCUT2D eigenvalue weighted by atomic mass is 10.2. The fourth-order valence-corrected chi connectivity index (χ4v) is 3.92. The number of anilines is 1. The SMILES string of the molecule is Cc1ccc(CNS(=O)(=O)c2cc(N)ccc2C(=O)O)s1. The highest BCUT2D eigenvalue weighted by Gasteiger charge is 2.22. The number of nitrogen functional groups attached to an aromatic ring is 1. The minimum atomic E-state index is -3.95. The first-order valence-corrected chi connectivity index (χ1v) is 8.27. The van der Waals surface area contributed by atoms with Gasteiger partial charge in [-0.05, 0) is 37.3 Å². The number of carbonyl (C=O) groups is 1. The molecule has 21 heavy (non-hydrogen) atoms. The molecule has 0 radical (unpaired) electrons. The highest BCUT2D eigenvalue weighted by Crippen LogP contribution is 2.20. The Morgan fingerprint density at radius 3 is 2.62 bits per heavy atom. The summed E-state index contributed by atoms with van der Waals surface area (Å²) in [5.74, 6) is -1.32. The third kappa shape index (κ3) is 3.60. The lowest BCUT2D eigenvalue weighted by Gasteiger charge is -2.09. The summed E-state index contributed by atoms with van der Waals surface area (Å²) in [7, 11) is -3.95. The molecule has 0 spiro atoms. The van der Waals surface area contributed by atoms with E-state index in [4.69, 9.17) is 10.8 Å². The molecule has 0 saturated heterocycles. The number of aromatic carboxylic acids is 1. The average molecular weight is 326 g/mol. The van der Waals surface area contributed by atoms with Crippen LogP contribution in [0.15, 0.2) is 35.2 Å². The van der Waals surface area contributed by atoms with Crippen molar-refractivity contribution in [2.75, 3.05) is 5.73 Å². The van der Waals surface area contributed by atoms with Crippen molar-refractivity contribution in [3.8, 4) is 0 Å². The van der Waals surface area contributed by atoms with Crippen molar-refractivity contribution >= 4 is 33.0 Å². The number of aryl methyl sites for hydroxylation is 1. The number of thiophene rings is 1. The molecule has 6 nitrogen and oxygen atoms in total. The largest absolute Gasteiger partial charge is 0.478 e. The van der Waals surface area contributed by atoms with Crippen LogP contribution in [-0.4, -0.2) is 19.5 Å². The second-order valence-corrected chi connectivity index (χ2v) is 7.51. The van der Waals surface area contributed by atoms with Gasteiger partial charge in [0.05, 0.1) is 10.5 Å². The van der Waals surface area contributed by atoms with Crippen molar-refractivity contribution in [2.45, 2.75) is 18.4 Å². The second kappa shape index (κ2) is 5.84. The monoisotopic (exact) mass is 326 g/mol. The summed E-state index contributed by atoms with van der Waals surface area (Å²) in [6.45, 7) is 2.03. The first kappa shape index (κ1) is 15.5. The molecular weight excluding hydrogens is 312 g/mol. The van der Waals surface area contributed by atoms with E-state index in [1.807, 2.05) is 19.1 Å². The molecule has 0 aliphatic carbocycles. The van der Waals surface area contributed by atoms with Gasteiger partial charge in [-0.25, -0.2) is 17.9 Å². The number of benzene rings is 1. The number of carboxylic acid groups (broad SMARTS) is 1. The van der Waals surface area contributed by atoms with E-state index in [9.17, 15) is 13.2 Å². The molecule has 1 heterocycles. The van der Waals surface area contributed by atoms with Crippen LogP contribution < -0.4 is 10.5 Å². The number of rotatable bonds is 5. The minimum absolute atomic E-state index is 0.106. The van der Waals surface area contributed by atoms with Crippen LogP contribution in [0.5, 0.6) is 0 Å². The van der Waals surface area contributed by atoms with Crippen molar-refractivity contribution in [1.82, 2.24) is 4.72 Å². The molecule has 0 aliphatic heterocycles. The maximum atomic E-state index is 12.3. The van der Waals surface area contributed by atoms with Gasteiger partial charge in [-0.15, -0.1) is 11.3 Å². The summed E-state index contributed by atoms with van der Waals surface area (Å²) in [6.07, 6.45) is 0. The molecule has 0 aliphatic rings. The smallest absolute Gasteiger partial charge is 0.337 e. The van der Waals surface area contributed by atoms with E-state index in [1.54, 1.807) is 0 Å². The lowest BCUT2D eigenvalue weighted by molar-refractivity contribution is 0.0692. The predicted octanol–water partition coefficient (Wildman–Crippen LogP) is 1.82.